The minimum atomic E-state index is -0.916. The van der Waals surface area contributed by atoms with E-state index in [1.165, 1.54) is 4.90 Å². The Hall–Kier alpha value is -4.04. The summed E-state index contributed by atoms with van der Waals surface area (Å²) in [6.45, 7) is 0.847. The van der Waals surface area contributed by atoms with Crippen LogP contribution in [0.5, 0.6) is 0 Å². The van der Waals surface area contributed by atoms with E-state index in [1.54, 1.807) is 6.07 Å². The molecule has 0 saturated carbocycles. The van der Waals surface area contributed by atoms with Crippen LogP contribution in [0, 0.1) is 0 Å². The van der Waals surface area contributed by atoms with Gasteiger partial charge in [-0.2, -0.15) is 5.10 Å². The highest BCUT2D eigenvalue weighted by Gasteiger charge is 2.24. The highest BCUT2D eigenvalue weighted by Crippen LogP contribution is 2.31. The van der Waals surface area contributed by atoms with Crippen molar-refractivity contribution in [2.24, 2.45) is 0 Å². The molecule has 9 heteroatoms. The molecule has 1 fully saturated rings. The number of H-pyrrole nitrogens is 1. The van der Waals surface area contributed by atoms with E-state index in [0.717, 1.165) is 33.5 Å². The second-order valence-corrected chi connectivity index (χ2v) is 8.94. The molecular weight excluding hydrogens is 466 g/mol. The van der Waals surface area contributed by atoms with Crippen LogP contribution in [-0.2, 0) is 0 Å². The van der Waals surface area contributed by atoms with Crippen molar-refractivity contribution in [3.05, 3.63) is 77.3 Å². The number of halogens is 1. The third-order valence-electron chi connectivity index (χ3n) is 6.21. The Balaban J connectivity index is 1.32. The molecule has 178 valence electrons. The number of benzene rings is 3. The largest absolute Gasteiger partial charge is 0.465 e. The first kappa shape index (κ1) is 22.7. The van der Waals surface area contributed by atoms with E-state index < -0.39 is 6.09 Å². The van der Waals surface area contributed by atoms with Gasteiger partial charge in [-0.1, -0.05) is 35.9 Å². The maximum Gasteiger partial charge on any atom is 0.407 e. The van der Waals surface area contributed by atoms with Gasteiger partial charge < -0.3 is 20.6 Å². The van der Waals surface area contributed by atoms with Crippen molar-refractivity contribution in [1.82, 2.24) is 20.4 Å². The lowest BCUT2D eigenvalue weighted by atomic mass is 10.0. The van der Waals surface area contributed by atoms with Crippen LogP contribution in [0.15, 0.2) is 66.7 Å². The number of carboxylic acid groups (broad SMARTS) is 1. The van der Waals surface area contributed by atoms with Gasteiger partial charge >= 0.3 is 6.09 Å². The summed E-state index contributed by atoms with van der Waals surface area (Å²) in [6.07, 6.45) is 0.291. The van der Waals surface area contributed by atoms with Gasteiger partial charge in [-0.3, -0.25) is 9.89 Å². The fraction of sp³-hybridized carbons (Fsp3) is 0.192. The number of amides is 2. The molecule has 5 rings (SSSR count). The van der Waals surface area contributed by atoms with E-state index in [9.17, 15) is 9.59 Å². The number of aromatic amines is 1. The molecule has 1 saturated heterocycles. The number of hydrogen-bond acceptors (Lipinski definition) is 4. The molecular formula is C26H24ClN5O3. The summed E-state index contributed by atoms with van der Waals surface area (Å²) in [5.74, 6) is -0.174. The second kappa shape index (κ2) is 9.68. The Bertz CT molecular complexity index is 1390. The lowest BCUT2D eigenvalue weighted by molar-refractivity contribution is 0.0907. The summed E-state index contributed by atoms with van der Waals surface area (Å²) >= 11 is 6.26. The molecule has 2 heterocycles. The Kier molecular flexibility index (Phi) is 6.29. The number of nitrogens with one attached hydrogen (secondary N) is 3. The average Bonchev–Trinajstić information content (AvgIpc) is 3.29. The molecule has 4 N–H and O–H groups in total. The molecule has 1 aromatic heterocycles. The van der Waals surface area contributed by atoms with Crippen LogP contribution in [-0.4, -0.2) is 51.3 Å². The number of carbonyl (C=O) groups is 2. The number of piperidine rings is 1. The van der Waals surface area contributed by atoms with Gasteiger partial charge in [-0.25, -0.2) is 4.79 Å². The molecule has 0 aliphatic carbocycles. The van der Waals surface area contributed by atoms with Crippen LogP contribution >= 0.6 is 11.6 Å². The van der Waals surface area contributed by atoms with E-state index in [1.807, 2.05) is 60.7 Å². The Labute approximate surface area is 206 Å². The monoisotopic (exact) mass is 489 g/mol. The van der Waals surface area contributed by atoms with Crippen LogP contribution in [0.2, 0.25) is 5.02 Å². The normalized spacial score (nSPS) is 14.1. The first-order chi connectivity index (χ1) is 17.0. The van der Waals surface area contributed by atoms with Gasteiger partial charge in [0.2, 0.25) is 0 Å². The van der Waals surface area contributed by atoms with E-state index in [0.29, 0.717) is 36.5 Å². The quantitative estimate of drug-likeness (QED) is 0.296. The maximum absolute atomic E-state index is 12.9. The smallest absolute Gasteiger partial charge is 0.407 e. The highest BCUT2D eigenvalue weighted by molar-refractivity contribution is 6.33. The molecule has 35 heavy (non-hydrogen) atoms. The van der Waals surface area contributed by atoms with E-state index in [4.69, 9.17) is 16.7 Å². The van der Waals surface area contributed by atoms with Gasteiger partial charge in [-0.05, 0) is 55.3 Å². The number of aromatic nitrogens is 2. The van der Waals surface area contributed by atoms with E-state index in [2.05, 4.69) is 20.8 Å². The lowest BCUT2D eigenvalue weighted by Crippen LogP contribution is -2.46. The SMILES string of the molecule is O=C(NC1CCN(C(=O)O)CC1)c1cccc(-c2n[nH]c3cc(Nc4ccccc4Cl)ccc23)c1. The zero-order chi connectivity index (χ0) is 24.4. The third kappa shape index (κ3) is 4.93. The number of likely N-dealkylation sites (tertiary alicyclic amines) is 1. The second-order valence-electron chi connectivity index (χ2n) is 8.54. The topological polar surface area (TPSA) is 110 Å². The molecule has 0 spiro atoms. The standard InChI is InChI=1S/C26H24ClN5O3/c27-21-6-1-2-7-22(21)28-19-8-9-20-23(15-19)30-31-24(20)16-4-3-5-17(14-16)25(33)29-18-10-12-32(13-11-18)26(34)35/h1-9,14-15,18,28H,10-13H2,(H,29,33)(H,30,31)(H,34,35). The van der Waals surface area contributed by atoms with Crippen LogP contribution in [0.1, 0.15) is 23.2 Å². The number of anilines is 2. The summed E-state index contributed by atoms with van der Waals surface area (Å²) in [5, 5.41) is 24.6. The molecule has 8 nitrogen and oxygen atoms in total. The summed E-state index contributed by atoms with van der Waals surface area (Å²) in [7, 11) is 0. The average molecular weight is 490 g/mol. The van der Waals surface area contributed by atoms with Crippen LogP contribution in [0.4, 0.5) is 16.2 Å². The summed E-state index contributed by atoms with van der Waals surface area (Å²) in [4.78, 5) is 25.3. The van der Waals surface area contributed by atoms with E-state index >= 15 is 0 Å². The van der Waals surface area contributed by atoms with E-state index in [-0.39, 0.29) is 11.9 Å². The van der Waals surface area contributed by atoms with Crippen molar-refractivity contribution in [2.75, 3.05) is 18.4 Å². The number of hydrogen-bond donors (Lipinski definition) is 4. The molecule has 1 aliphatic rings. The first-order valence-electron chi connectivity index (χ1n) is 11.4. The van der Waals surface area contributed by atoms with Crippen LogP contribution in [0.3, 0.4) is 0 Å². The fourth-order valence-corrected chi connectivity index (χ4v) is 4.51. The first-order valence-corrected chi connectivity index (χ1v) is 11.7. The minimum Gasteiger partial charge on any atom is -0.465 e. The molecule has 0 atom stereocenters. The van der Waals surface area contributed by atoms with Gasteiger partial charge in [0.1, 0.15) is 0 Å². The van der Waals surface area contributed by atoms with Crippen molar-refractivity contribution in [3.8, 4) is 11.3 Å². The predicted molar refractivity (Wildman–Crippen MR) is 136 cm³/mol. The van der Waals surface area contributed by atoms with Crippen LogP contribution in [0.25, 0.3) is 22.2 Å². The maximum atomic E-state index is 12.9. The molecule has 4 aromatic rings. The van der Waals surface area contributed by atoms with Gasteiger partial charge in [0, 0.05) is 41.3 Å². The third-order valence-corrected chi connectivity index (χ3v) is 6.54. The number of para-hydroxylation sites is 1. The van der Waals surface area contributed by atoms with Crippen molar-refractivity contribution >= 4 is 45.9 Å². The van der Waals surface area contributed by atoms with Gasteiger partial charge in [-0.15, -0.1) is 0 Å². The summed E-state index contributed by atoms with van der Waals surface area (Å²) < 4.78 is 0. The van der Waals surface area contributed by atoms with Crippen molar-refractivity contribution in [3.63, 3.8) is 0 Å². The number of rotatable bonds is 5. The number of fused-ring (bicyclic) bond motifs is 1. The van der Waals surface area contributed by atoms with Gasteiger partial charge in [0.05, 0.1) is 21.9 Å². The van der Waals surface area contributed by atoms with Crippen LogP contribution < -0.4 is 10.6 Å². The molecule has 1 aliphatic heterocycles. The molecule has 0 unspecified atom stereocenters. The summed E-state index contributed by atoms with van der Waals surface area (Å²) in [6, 6.07) is 20.8. The lowest BCUT2D eigenvalue weighted by Gasteiger charge is -2.30. The molecule has 2 amide bonds. The Morgan fingerprint density at radius 3 is 2.60 bits per heavy atom. The Morgan fingerprint density at radius 1 is 1.03 bits per heavy atom. The summed E-state index contributed by atoms with van der Waals surface area (Å²) in [5.41, 5.74) is 4.68. The Morgan fingerprint density at radius 2 is 1.83 bits per heavy atom. The molecule has 0 bridgehead atoms. The van der Waals surface area contributed by atoms with Crippen molar-refractivity contribution in [1.29, 1.82) is 0 Å². The highest BCUT2D eigenvalue weighted by atomic mass is 35.5. The van der Waals surface area contributed by atoms with Gasteiger partial charge in [0.15, 0.2) is 0 Å². The predicted octanol–water partition coefficient (Wildman–Crippen LogP) is 5.50. The van der Waals surface area contributed by atoms with Crippen molar-refractivity contribution in [2.45, 2.75) is 18.9 Å². The van der Waals surface area contributed by atoms with Crippen molar-refractivity contribution < 1.29 is 14.7 Å². The molecule has 3 aromatic carbocycles. The number of carbonyl (C=O) groups excluding carboxylic acids is 1. The van der Waals surface area contributed by atoms with Gasteiger partial charge in [0.25, 0.3) is 5.91 Å². The fourth-order valence-electron chi connectivity index (χ4n) is 4.33. The number of nitrogens with zero attached hydrogens (tertiary/aromatic N) is 2. The zero-order valence-corrected chi connectivity index (χ0v) is 19.5. The zero-order valence-electron chi connectivity index (χ0n) is 18.8. The molecule has 0 radical (unpaired) electrons. The minimum absolute atomic E-state index is 0.0444.